The van der Waals surface area contributed by atoms with Crippen LogP contribution in [0.25, 0.3) is 0 Å². The molecule has 1 rings (SSSR count). The maximum absolute atomic E-state index is 12.5. The number of amides is 2. The summed E-state index contributed by atoms with van der Waals surface area (Å²) in [7, 11) is 0. The Labute approximate surface area is 155 Å². The molecule has 0 spiro atoms. The van der Waals surface area contributed by atoms with Crippen molar-refractivity contribution in [2.24, 2.45) is 0 Å². The minimum absolute atomic E-state index is 0.0372. The average Bonchev–Trinajstić information content (AvgIpc) is 2.36. The second kappa shape index (κ2) is 7.70. The number of aromatic nitrogens is 1. The lowest BCUT2D eigenvalue weighted by molar-refractivity contribution is 0.0429. The summed E-state index contributed by atoms with van der Waals surface area (Å²) in [6.07, 6.45) is -0.298. The molecular formula is C16H22BrClN2O4. The number of carbonyl (C=O) groups is 2. The highest BCUT2D eigenvalue weighted by molar-refractivity contribution is 9.08. The quantitative estimate of drug-likeness (QED) is 0.606. The van der Waals surface area contributed by atoms with E-state index in [2.05, 4.69) is 20.9 Å². The van der Waals surface area contributed by atoms with E-state index in [4.69, 9.17) is 21.1 Å². The van der Waals surface area contributed by atoms with Crippen LogP contribution >= 0.6 is 27.5 Å². The molecule has 0 aliphatic heterocycles. The first-order valence-corrected chi connectivity index (χ1v) is 8.80. The second-order valence-electron chi connectivity index (χ2n) is 7.08. The molecule has 1 aromatic heterocycles. The lowest BCUT2D eigenvalue weighted by Gasteiger charge is -2.28. The number of rotatable bonds is 2. The lowest BCUT2D eigenvalue weighted by Crippen LogP contribution is -2.44. The zero-order chi connectivity index (χ0) is 18.7. The van der Waals surface area contributed by atoms with Gasteiger partial charge in [0.1, 0.15) is 11.2 Å². The van der Waals surface area contributed by atoms with E-state index in [1.807, 2.05) is 0 Å². The molecule has 2 amide bonds. The van der Waals surface area contributed by atoms with Gasteiger partial charge in [0.2, 0.25) is 0 Å². The Morgan fingerprint density at radius 1 is 1.12 bits per heavy atom. The average molecular weight is 422 g/mol. The number of hydrogen-bond acceptors (Lipinski definition) is 5. The summed E-state index contributed by atoms with van der Waals surface area (Å²) in [6, 6.07) is 1.61. The molecule has 0 bridgehead atoms. The standard InChI is InChI=1S/C16H22BrClN2O4/c1-15(2,3)23-13(21)20(14(22)24-16(4,5)6)12-11(18)7-10(8-17)9-19-12/h7,9H,8H2,1-6H3. The van der Waals surface area contributed by atoms with Crippen molar-refractivity contribution in [1.29, 1.82) is 0 Å². The molecule has 0 saturated heterocycles. The van der Waals surface area contributed by atoms with Crippen LogP contribution in [0.1, 0.15) is 47.1 Å². The molecule has 6 nitrogen and oxygen atoms in total. The maximum atomic E-state index is 12.5. The Morgan fingerprint density at radius 3 is 1.92 bits per heavy atom. The van der Waals surface area contributed by atoms with Crippen molar-refractivity contribution in [2.75, 3.05) is 4.90 Å². The number of pyridine rings is 1. The number of halogens is 2. The third-order valence-corrected chi connectivity index (χ3v) is 3.32. The van der Waals surface area contributed by atoms with Crippen LogP contribution in [0, 0.1) is 0 Å². The number of hydrogen-bond donors (Lipinski definition) is 0. The van der Waals surface area contributed by atoms with Crippen LogP contribution < -0.4 is 4.90 Å². The van der Waals surface area contributed by atoms with Crippen molar-refractivity contribution in [3.05, 3.63) is 22.8 Å². The Kier molecular flexibility index (Phi) is 6.64. The maximum Gasteiger partial charge on any atom is 0.425 e. The van der Waals surface area contributed by atoms with Gasteiger partial charge in [-0.25, -0.2) is 14.6 Å². The molecule has 0 N–H and O–H groups in total. The molecule has 0 aromatic carbocycles. The van der Waals surface area contributed by atoms with Crippen LogP contribution in [0.4, 0.5) is 15.4 Å². The molecule has 134 valence electrons. The summed E-state index contributed by atoms with van der Waals surface area (Å²) in [5.41, 5.74) is -0.781. The van der Waals surface area contributed by atoms with Crippen LogP contribution in [0.5, 0.6) is 0 Å². The first-order chi connectivity index (χ1) is 10.8. The van der Waals surface area contributed by atoms with Gasteiger partial charge in [0.15, 0.2) is 5.82 Å². The summed E-state index contributed by atoms with van der Waals surface area (Å²) in [4.78, 5) is 29.8. The van der Waals surface area contributed by atoms with E-state index in [0.717, 1.165) is 5.56 Å². The van der Waals surface area contributed by atoms with Gasteiger partial charge in [-0.3, -0.25) is 0 Å². The first-order valence-electron chi connectivity index (χ1n) is 7.30. The van der Waals surface area contributed by atoms with Crippen molar-refractivity contribution in [3.63, 3.8) is 0 Å². The van der Waals surface area contributed by atoms with E-state index in [1.54, 1.807) is 47.6 Å². The zero-order valence-electron chi connectivity index (χ0n) is 14.6. The summed E-state index contributed by atoms with van der Waals surface area (Å²) >= 11 is 9.49. The van der Waals surface area contributed by atoms with Crippen molar-refractivity contribution in [1.82, 2.24) is 4.98 Å². The van der Waals surface area contributed by atoms with E-state index in [1.165, 1.54) is 6.20 Å². The molecule has 0 aliphatic rings. The van der Waals surface area contributed by atoms with E-state index >= 15 is 0 Å². The van der Waals surface area contributed by atoms with Gasteiger partial charge in [0.25, 0.3) is 0 Å². The van der Waals surface area contributed by atoms with Gasteiger partial charge in [-0.1, -0.05) is 27.5 Å². The summed E-state index contributed by atoms with van der Waals surface area (Å²) < 4.78 is 10.6. The number of nitrogens with zero attached hydrogens (tertiary/aromatic N) is 2. The Bertz CT molecular complexity index is 595. The lowest BCUT2D eigenvalue weighted by atomic mass is 10.2. The number of anilines is 1. The molecule has 8 heteroatoms. The topological polar surface area (TPSA) is 68.7 Å². The van der Waals surface area contributed by atoms with Gasteiger partial charge >= 0.3 is 12.2 Å². The van der Waals surface area contributed by atoms with Gasteiger partial charge in [-0.2, -0.15) is 4.90 Å². The van der Waals surface area contributed by atoms with Crippen LogP contribution in [-0.4, -0.2) is 28.4 Å². The highest BCUT2D eigenvalue weighted by atomic mass is 79.9. The van der Waals surface area contributed by atoms with Crippen LogP contribution in [-0.2, 0) is 14.8 Å². The fourth-order valence-electron chi connectivity index (χ4n) is 1.57. The van der Waals surface area contributed by atoms with Crippen LogP contribution in [0.2, 0.25) is 5.02 Å². The number of imide groups is 1. The van der Waals surface area contributed by atoms with E-state index in [9.17, 15) is 9.59 Å². The Morgan fingerprint density at radius 2 is 1.58 bits per heavy atom. The molecule has 0 fully saturated rings. The van der Waals surface area contributed by atoms with Crippen molar-refractivity contribution < 1.29 is 19.1 Å². The molecule has 0 saturated carbocycles. The summed E-state index contributed by atoms with van der Waals surface area (Å²) in [5, 5.41) is 0.683. The van der Waals surface area contributed by atoms with Crippen molar-refractivity contribution in [2.45, 2.75) is 58.1 Å². The number of alkyl halides is 1. The molecule has 24 heavy (non-hydrogen) atoms. The zero-order valence-corrected chi connectivity index (χ0v) is 17.0. The normalized spacial score (nSPS) is 11.8. The fraction of sp³-hybridized carbons (Fsp3) is 0.562. The summed E-state index contributed by atoms with van der Waals surface area (Å²) in [6.45, 7) is 10.2. The third kappa shape index (κ3) is 6.28. The number of carbonyl (C=O) groups excluding carboxylic acids is 2. The number of ether oxygens (including phenoxy) is 2. The monoisotopic (exact) mass is 420 g/mol. The third-order valence-electron chi connectivity index (χ3n) is 2.40. The second-order valence-corrected chi connectivity index (χ2v) is 8.05. The van der Waals surface area contributed by atoms with Gasteiger partial charge < -0.3 is 9.47 Å². The Balaban J connectivity index is 3.27. The van der Waals surface area contributed by atoms with Gasteiger partial charge in [0.05, 0.1) is 5.02 Å². The molecule has 0 atom stereocenters. The van der Waals surface area contributed by atoms with E-state index < -0.39 is 23.4 Å². The minimum atomic E-state index is -0.905. The minimum Gasteiger partial charge on any atom is -0.443 e. The SMILES string of the molecule is CC(C)(C)OC(=O)N(C(=O)OC(C)(C)C)c1ncc(CBr)cc1Cl. The molecule has 1 aromatic rings. The molecular weight excluding hydrogens is 400 g/mol. The van der Waals surface area contributed by atoms with E-state index in [-0.39, 0.29) is 10.8 Å². The summed E-state index contributed by atoms with van der Waals surface area (Å²) in [5.74, 6) is -0.0372. The van der Waals surface area contributed by atoms with Gasteiger partial charge in [-0.05, 0) is 53.2 Å². The molecule has 0 aliphatic carbocycles. The Hall–Kier alpha value is -1.34. The predicted octanol–water partition coefficient (Wildman–Crippen LogP) is 5.31. The predicted molar refractivity (Wildman–Crippen MR) is 96.8 cm³/mol. The molecule has 1 heterocycles. The van der Waals surface area contributed by atoms with Crippen molar-refractivity contribution >= 4 is 45.5 Å². The molecule has 0 radical (unpaired) electrons. The van der Waals surface area contributed by atoms with Gasteiger partial charge in [0, 0.05) is 11.5 Å². The van der Waals surface area contributed by atoms with Crippen molar-refractivity contribution in [3.8, 4) is 0 Å². The highest BCUT2D eigenvalue weighted by Gasteiger charge is 2.34. The highest BCUT2D eigenvalue weighted by Crippen LogP contribution is 2.28. The fourth-order valence-corrected chi connectivity index (χ4v) is 2.15. The smallest absolute Gasteiger partial charge is 0.425 e. The molecule has 0 unspecified atom stereocenters. The largest absolute Gasteiger partial charge is 0.443 e. The van der Waals surface area contributed by atoms with Gasteiger partial charge in [-0.15, -0.1) is 0 Å². The first kappa shape index (κ1) is 20.7. The van der Waals surface area contributed by atoms with E-state index in [0.29, 0.717) is 10.2 Å². The van der Waals surface area contributed by atoms with Crippen LogP contribution in [0.3, 0.4) is 0 Å². The van der Waals surface area contributed by atoms with Crippen LogP contribution in [0.15, 0.2) is 12.3 Å².